The molecule has 1 aliphatic rings. The lowest BCUT2D eigenvalue weighted by Gasteiger charge is -2.35. The molecule has 0 unspecified atom stereocenters. The third-order valence-corrected chi connectivity index (χ3v) is 6.13. The van der Waals surface area contributed by atoms with Crippen molar-refractivity contribution in [2.45, 2.75) is 0 Å². The van der Waals surface area contributed by atoms with Crippen LogP contribution in [0.4, 0.5) is 26.0 Å². The van der Waals surface area contributed by atoms with Crippen molar-refractivity contribution >= 4 is 45.6 Å². The molecule has 1 fully saturated rings. The highest BCUT2D eigenvalue weighted by Gasteiger charge is 2.30. The Labute approximate surface area is 198 Å². The molecule has 2 heterocycles. The van der Waals surface area contributed by atoms with E-state index in [1.165, 1.54) is 25.6 Å². The van der Waals surface area contributed by atoms with Crippen LogP contribution in [0.15, 0.2) is 31.1 Å². The number of halogens is 3. The number of benzene rings is 2. The Kier molecular flexibility index (Phi) is 6.40. The first-order chi connectivity index (χ1) is 16.3. The number of anilines is 3. The number of aromatic nitrogens is 2. The zero-order valence-corrected chi connectivity index (χ0v) is 19.0. The number of nitrogens with two attached hydrogens (primary N) is 2. The minimum absolute atomic E-state index is 0.0678. The Morgan fingerprint density at radius 1 is 1.24 bits per heavy atom. The predicted molar refractivity (Wildman–Crippen MR) is 128 cm³/mol. The normalized spacial score (nSPS) is 13.8. The topological polar surface area (TPSA) is 123 Å². The van der Waals surface area contributed by atoms with E-state index in [0.717, 1.165) is 6.07 Å². The summed E-state index contributed by atoms with van der Waals surface area (Å²) in [5.74, 6) is 4.05. The number of carbonyl (C=O) groups is 1. The second kappa shape index (κ2) is 9.27. The number of fused-ring (bicyclic) bond motifs is 1. The van der Waals surface area contributed by atoms with Crippen molar-refractivity contribution in [3.05, 3.63) is 47.8 Å². The van der Waals surface area contributed by atoms with Crippen LogP contribution in [0.1, 0.15) is 0 Å². The highest BCUT2D eigenvalue weighted by Crippen LogP contribution is 2.48. The van der Waals surface area contributed by atoms with Crippen LogP contribution in [-0.4, -0.2) is 54.1 Å². The van der Waals surface area contributed by atoms with Gasteiger partial charge in [-0.3, -0.25) is 10.6 Å². The molecular weight excluding hydrogens is 468 g/mol. The van der Waals surface area contributed by atoms with Gasteiger partial charge in [-0.1, -0.05) is 18.2 Å². The average Bonchev–Trinajstić information content (AvgIpc) is 2.85. The van der Waals surface area contributed by atoms with E-state index < -0.39 is 11.6 Å². The van der Waals surface area contributed by atoms with E-state index in [2.05, 4.69) is 22.0 Å². The quantitative estimate of drug-likeness (QED) is 0.216. The summed E-state index contributed by atoms with van der Waals surface area (Å²) in [6.45, 7) is 5.22. The Bertz CT molecular complexity index is 1300. The fraction of sp³-hybridized carbons (Fsp3) is 0.227. The van der Waals surface area contributed by atoms with Crippen LogP contribution in [0.25, 0.3) is 22.0 Å². The number of carbonyl (C=O) groups excluding carboxylic acids is 1. The van der Waals surface area contributed by atoms with Crippen LogP contribution < -0.4 is 26.6 Å². The molecule has 3 aromatic rings. The summed E-state index contributed by atoms with van der Waals surface area (Å²) in [6, 6.07) is 2.43. The second-order valence-corrected chi connectivity index (χ2v) is 7.88. The number of hydrogen-bond donors (Lipinski definition) is 3. The molecule has 34 heavy (non-hydrogen) atoms. The summed E-state index contributed by atoms with van der Waals surface area (Å²) < 4.78 is 36.3. The molecule has 4 rings (SSSR count). The van der Waals surface area contributed by atoms with Crippen LogP contribution in [0.3, 0.4) is 0 Å². The fourth-order valence-corrected chi connectivity index (χ4v) is 4.43. The molecule has 0 spiro atoms. The molecule has 0 aliphatic carbocycles. The molecule has 0 atom stereocenters. The molecule has 1 amide bonds. The molecular formula is C22H22ClF2N7O2. The minimum atomic E-state index is -0.885. The van der Waals surface area contributed by atoms with Crippen molar-refractivity contribution in [1.29, 1.82) is 0 Å². The number of nitrogens with zero attached hydrogens (tertiary/aromatic N) is 4. The average molecular weight is 490 g/mol. The molecule has 0 bridgehead atoms. The van der Waals surface area contributed by atoms with Crippen molar-refractivity contribution in [3.8, 4) is 16.9 Å². The molecule has 1 saturated heterocycles. The monoisotopic (exact) mass is 489 g/mol. The maximum atomic E-state index is 15.9. The summed E-state index contributed by atoms with van der Waals surface area (Å²) in [7, 11) is 1.36. The highest BCUT2D eigenvalue weighted by molar-refractivity contribution is 6.37. The molecule has 9 nitrogen and oxygen atoms in total. The summed E-state index contributed by atoms with van der Waals surface area (Å²) in [5.41, 5.74) is 7.80. The van der Waals surface area contributed by atoms with Crippen molar-refractivity contribution in [1.82, 2.24) is 14.9 Å². The lowest BCUT2D eigenvalue weighted by Crippen LogP contribution is -2.48. The first-order valence-corrected chi connectivity index (χ1v) is 10.6. The number of ether oxygens (including phenoxy) is 1. The molecule has 2 aromatic carbocycles. The Balaban J connectivity index is 1.91. The van der Waals surface area contributed by atoms with E-state index in [0.29, 0.717) is 32.0 Å². The number of hydrazine groups is 1. The summed E-state index contributed by atoms with van der Waals surface area (Å²) in [6.07, 6.45) is 2.46. The number of hydrogen-bond acceptors (Lipinski definition) is 8. The van der Waals surface area contributed by atoms with Crippen LogP contribution in [0, 0.1) is 11.6 Å². The van der Waals surface area contributed by atoms with Gasteiger partial charge in [-0.25, -0.2) is 18.7 Å². The largest absolute Gasteiger partial charge is 0.494 e. The van der Waals surface area contributed by atoms with Gasteiger partial charge in [-0.05, 0) is 18.2 Å². The van der Waals surface area contributed by atoms with E-state index in [9.17, 15) is 9.18 Å². The highest BCUT2D eigenvalue weighted by atomic mass is 35.5. The van der Waals surface area contributed by atoms with Gasteiger partial charge in [0.15, 0.2) is 11.6 Å². The summed E-state index contributed by atoms with van der Waals surface area (Å²) >= 11 is 6.58. The predicted octanol–water partition coefficient (Wildman–Crippen LogP) is 2.94. The van der Waals surface area contributed by atoms with Crippen LogP contribution in [-0.2, 0) is 4.79 Å². The standard InChI is InChI=1S/C22H22ClF2N7O2/c1-3-13(33)31-6-8-32(9-7-31)22-16-20(28-10-29-22)18(25)15(17(23)21(16)34-2)14-11(24)4-5-12(30-27)19(14)26/h3-5,10,30H,1,6-9,26-27H2,2H3. The van der Waals surface area contributed by atoms with E-state index in [1.807, 2.05) is 4.90 Å². The van der Waals surface area contributed by atoms with E-state index in [4.69, 9.17) is 27.9 Å². The summed E-state index contributed by atoms with van der Waals surface area (Å²) in [4.78, 5) is 23.9. The SMILES string of the molecule is C=CC(=O)N1CCN(c2ncnc3c(F)c(-c4c(F)ccc(NN)c4N)c(Cl)c(OC)c23)CC1. The molecule has 0 radical (unpaired) electrons. The fourth-order valence-electron chi connectivity index (χ4n) is 4.08. The van der Waals surface area contributed by atoms with Gasteiger partial charge >= 0.3 is 0 Å². The number of amides is 1. The van der Waals surface area contributed by atoms with Crippen molar-refractivity contribution < 1.29 is 18.3 Å². The lowest BCUT2D eigenvalue weighted by molar-refractivity contribution is -0.126. The minimum Gasteiger partial charge on any atom is -0.494 e. The van der Waals surface area contributed by atoms with Gasteiger partial charge in [0.2, 0.25) is 5.91 Å². The third kappa shape index (κ3) is 3.72. The molecule has 1 aliphatic heterocycles. The van der Waals surface area contributed by atoms with Gasteiger partial charge in [-0.2, -0.15) is 0 Å². The number of methoxy groups -OCH3 is 1. The second-order valence-electron chi connectivity index (χ2n) is 7.50. The summed E-state index contributed by atoms with van der Waals surface area (Å²) in [5, 5.41) is 0.0376. The number of rotatable bonds is 5. The van der Waals surface area contributed by atoms with Crippen LogP contribution >= 0.6 is 11.6 Å². The molecule has 5 N–H and O–H groups in total. The van der Waals surface area contributed by atoms with E-state index in [-0.39, 0.29) is 50.1 Å². The van der Waals surface area contributed by atoms with Gasteiger partial charge in [-0.15, -0.1) is 0 Å². The maximum Gasteiger partial charge on any atom is 0.246 e. The third-order valence-electron chi connectivity index (χ3n) is 5.77. The van der Waals surface area contributed by atoms with Crippen molar-refractivity contribution in [3.63, 3.8) is 0 Å². The van der Waals surface area contributed by atoms with Gasteiger partial charge in [0, 0.05) is 37.3 Å². The van der Waals surface area contributed by atoms with Crippen LogP contribution in [0.2, 0.25) is 5.02 Å². The number of piperazine rings is 1. The van der Waals surface area contributed by atoms with Crippen molar-refractivity contribution in [2.24, 2.45) is 5.84 Å². The Morgan fingerprint density at radius 3 is 2.56 bits per heavy atom. The molecule has 12 heteroatoms. The van der Waals surface area contributed by atoms with Gasteiger partial charge in [0.25, 0.3) is 0 Å². The molecule has 178 valence electrons. The lowest BCUT2D eigenvalue weighted by atomic mass is 9.98. The van der Waals surface area contributed by atoms with E-state index >= 15 is 4.39 Å². The smallest absolute Gasteiger partial charge is 0.246 e. The Morgan fingerprint density at radius 2 is 1.94 bits per heavy atom. The Hall–Kier alpha value is -3.70. The first kappa shape index (κ1) is 23.5. The molecule has 1 aromatic heterocycles. The van der Waals surface area contributed by atoms with Crippen LogP contribution in [0.5, 0.6) is 5.75 Å². The van der Waals surface area contributed by atoms with Gasteiger partial charge in [0.05, 0.1) is 28.9 Å². The molecule has 0 saturated carbocycles. The maximum absolute atomic E-state index is 15.9. The van der Waals surface area contributed by atoms with Gasteiger partial charge in [0.1, 0.15) is 23.5 Å². The zero-order valence-electron chi connectivity index (χ0n) is 18.2. The zero-order chi connectivity index (χ0) is 24.6. The van der Waals surface area contributed by atoms with E-state index in [1.54, 1.807) is 4.90 Å². The van der Waals surface area contributed by atoms with Gasteiger partial charge < -0.3 is 25.7 Å². The number of nitrogens with one attached hydrogen (secondary N) is 1. The van der Waals surface area contributed by atoms with Crippen molar-refractivity contribution in [2.75, 3.05) is 49.3 Å². The number of nitrogen functional groups attached to an aromatic ring is 2. The first-order valence-electron chi connectivity index (χ1n) is 10.2.